The summed E-state index contributed by atoms with van der Waals surface area (Å²) in [6.07, 6.45) is -2.58. The first-order valence-corrected chi connectivity index (χ1v) is 10.0. The van der Waals surface area contributed by atoms with Gasteiger partial charge in [0, 0.05) is 38.0 Å². The average molecular weight is 408 g/mol. The van der Waals surface area contributed by atoms with Gasteiger partial charge in [0.2, 0.25) is 5.91 Å². The summed E-state index contributed by atoms with van der Waals surface area (Å²) in [5.74, 6) is 1.66. The minimum atomic E-state index is -4.19. The molecule has 0 unspecified atom stereocenters. The number of hydrogen-bond donors (Lipinski definition) is 0. The van der Waals surface area contributed by atoms with Gasteiger partial charge in [-0.05, 0) is 31.0 Å². The molecule has 0 bridgehead atoms. The van der Waals surface area contributed by atoms with Gasteiger partial charge in [-0.15, -0.1) is 0 Å². The number of rotatable bonds is 8. The molecule has 4 nitrogen and oxygen atoms in total. The Morgan fingerprint density at radius 1 is 1.21 bits per heavy atom. The van der Waals surface area contributed by atoms with Gasteiger partial charge in [0.05, 0.1) is 6.54 Å². The fraction of sp³-hybridized carbons (Fsp3) is 0.500. The predicted octanol–water partition coefficient (Wildman–Crippen LogP) is 4.61. The summed E-state index contributed by atoms with van der Waals surface area (Å²) in [5.41, 5.74) is 0.992. The summed E-state index contributed by atoms with van der Waals surface area (Å²) in [6, 6.07) is 13.6. The van der Waals surface area contributed by atoms with E-state index in [1.54, 1.807) is 11.8 Å². The Bertz CT molecular complexity index is 789. The summed E-state index contributed by atoms with van der Waals surface area (Å²) >= 11 is 0. The van der Waals surface area contributed by atoms with Crippen LogP contribution in [0.1, 0.15) is 25.5 Å². The van der Waals surface area contributed by atoms with Gasteiger partial charge in [-0.3, -0.25) is 9.69 Å². The van der Waals surface area contributed by atoms with Crippen molar-refractivity contribution in [3.8, 4) is 11.3 Å². The van der Waals surface area contributed by atoms with Crippen LogP contribution in [0.4, 0.5) is 13.2 Å². The standard InChI is InChI=1S/C22H27F3N2O2/c1-2-26(16-22(23,24)25)14-17-12-13-27(15-17)21(28)11-9-19-8-10-20(29-19)18-6-4-3-5-7-18/h3-8,10,17H,2,9,11-16H2,1H3/t17-/m1/s1. The maximum Gasteiger partial charge on any atom is 0.401 e. The average Bonchev–Trinajstić information content (AvgIpc) is 3.35. The third-order valence-electron chi connectivity index (χ3n) is 5.31. The maximum absolute atomic E-state index is 12.6. The quantitative estimate of drug-likeness (QED) is 0.640. The van der Waals surface area contributed by atoms with Crippen LogP contribution in [0.15, 0.2) is 46.9 Å². The van der Waals surface area contributed by atoms with Gasteiger partial charge >= 0.3 is 6.18 Å². The molecule has 1 aliphatic heterocycles. The lowest BCUT2D eigenvalue weighted by atomic mass is 10.1. The molecule has 0 spiro atoms. The number of carbonyl (C=O) groups excluding carboxylic acids is 1. The van der Waals surface area contributed by atoms with Crippen molar-refractivity contribution in [1.29, 1.82) is 0 Å². The van der Waals surface area contributed by atoms with E-state index >= 15 is 0 Å². The monoisotopic (exact) mass is 408 g/mol. The molecule has 1 aromatic carbocycles. The Labute approximate surface area is 169 Å². The molecule has 3 rings (SSSR count). The van der Waals surface area contributed by atoms with Crippen LogP contribution >= 0.6 is 0 Å². The van der Waals surface area contributed by atoms with Crippen LogP contribution in [0.25, 0.3) is 11.3 Å². The van der Waals surface area contributed by atoms with Crippen molar-refractivity contribution in [3.63, 3.8) is 0 Å². The van der Waals surface area contributed by atoms with E-state index in [9.17, 15) is 18.0 Å². The van der Waals surface area contributed by atoms with Gasteiger partial charge < -0.3 is 9.32 Å². The fourth-order valence-electron chi connectivity index (χ4n) is 3.79. The highest BCUT2D eigenvalue weighted by molar-refractivity contribution is 5.76. The molecule has 1 aliphatic rings. The van der Waals surface area contributed by atoms with Crippen molar-refractivity contribution in [2.45, 2.75) is 32.4 Å². The predicted molar refractivity (Wildman–Crippen MR) is 105 cm³/mol. The summed E-state index contributed by atoms with van der Waals surface area (Å²) in [6.45, 7) is 2.71. The molecular formula is C22H27F3N2O2. The van der Waals surface area contributed by atoms with Crippen molar-refractivity contribution in [1.82, 2.24) is 9.80 Å². The van der Waals surface area contributed by atoms with E-state index in [1.165, 1.54) is 4.90 Å². The number of halogens is 3. The second kappa shape index (κ2) is 9.48. The number of nitrogens with zero attached hydrogens (tertiary/aromatic N) is 2. The van der Waals surface area contributed by atoms with Crippen molar-refractivity contribution in [2.24, 2.45) is 5.92 Å². The highest BCUT2D eigenvalue weighted by Gasteiger charge is 2.33. The molecular weight excluding hydrogens is 381 g/mol. The fourth-order valence-corrected chi connectivity index (χ4v) is 3.79. The van der Waals surface area contributed by atoms with Crippen LogP contribution in [0.2, 0.25) is 0 Å². The lowest BCUT2D eigenvalue weighted by Crippen LogP contribution is -2.38. The molecule has 0 radical (unpaired) electrons. The molecule has 1 saturated heterocycles. The largest absolute Gasteiger partial charge is 0.461 e. The Morgan fingerprint density at radius 2 is 1.97 bits per heavy atom. The van der Waals surface area contributed by atoms with Crippen LogP contribution in [0, 0.1) is 5.92 Å². The molecule has 158 valence electrons. The van der Waals surface area contributed by atoms with E-state index in [2.05, 4.69) is 0 Å². The lowest BCUT2D eigenvalue weighted by Gasteiger charge is -2.25. The van der Waals surface area contributed by atoms with Gasteiger partial charge in [0.15, 0.2) is 0 Å². The van der Waals surface area contributed by atoms with E-state index in [4.69, 9.17) is 4.42 Å². The van der Waals surface area contributed by atoms with Gasteiger partial charge in [-0.2, -0.15) is 13.2 Å². The zero-order valence-electron chi connectivity index (χ0n) is 16.6. The Hall–Kier alpha value is -2.28. The first kappa shape index (κ1) is 21.4. The molecule has 7 heteroatoms. The number of aryl methyl sites for hydroxylation is 1. The third-order valence-corrected chi connectivity index (χ3v) is 5.31. The van der Waals surface area contributed by atoms with E-state index in [0.717, 1.165) is 23.5 Å². The van der Waals surface area contributed by atoms with E-state index in [0.29, 0.717) is 39.0 Å². The zero-order chi connectivity index (χ0) is 20.9. The van der Waals surface area contributed by atoms with Crippen LogP contribution in [0.3, 0.4) is 0 Å². The van der Waals surface area contributed by atoms with Crippen LogP contribution in [0.5, 0.6) is 0 Å². The summed E-state index contributed by atoms with van der Waals surface area (Å²) in [5, 5.41) is 0. The van der Waals surface area contributed by atoms with E-state index in [1.807, 2.05) is 42.5 Å². The van der Waals surface area contributed by atoms with Crippen LogP contribution in [-0.2, 0) is 11.2 Å². The maximum atomic E-state index is 12.6. The molecule has 1 fully saturated rings. The minimum Gasteiger partial charge on any atom is -0.461 e. The molecule has 29 heavy (non-hydrogen) atoms. The van der Waals surface area contributed by atoms with Gasteiger partial charge in [-0.25, -0.2) is 0 Å². The number of amides is 1. The van der Waals surface area contributed by atoms with Gasteiger partial charge in [0.25, 0.3) is 0 Å². The molecule has 1 amide bonds. The van der Waals surface area contributed by atoms with Crippen LogP contribution in [-0.4, -0.2) is 54.6 Å². The topological polar surface area (TPSA) is 36.7 Å². The Kier molecular flexibility index (Phi) is 7.00. The Morgan fingerprint density at radius 3 is 2.66 bits per heavy atom. The molecule has 0 N–H and O–H groups in total. The molecule has 0 aliphatic carbocycles. The number of alkyl halides is 3. The normalized spacial score (nSPS) is 17.3. The van der Waals surface area contributed by atoms with Gasteiger partial charge in [-0.1, -0.05) is 37.3 Å². The number of benzene rings is 1. The van der Waals surface area contributed by atoms with Crippen molar-refractivity contribution in [3.05, 3.63) is 48.2 Å². The highest BCUT2D eigenvalue weighted by Crippen LogP contribution is 2.24. The number of carbonyl (C=O) groups is 1. The first-order valence-electron chi connectivity index (χ1n) is 10.0. The van der Waals surface area contributed by atoms with Crippen molar-refractivity contribution >= 4 is 5.91 Å². The molecule has 1 aromatic heterocycles. The summed E-state index contributed by atoms with van der Waals surface area (Å²) < 4.78 is 43.7. The smallest absolute Gasteiger partial charge is 0.401 e. The van der Waals surface area contributed by atoms with E-state index < -0.39 is 12.7 Å². The summed E-state index contributed by atoms with van der Waals surface area (Å²) in [7, 11) is 0. The first-order chi connectivity index (χ1) is 13.8. The van der Waals surface area contributed by atoms with Crippen molar-refractivity contribution < 1.29 is 22.4 Å². The number of hydrogen-bond acceptors (Lipinski definition) is 3. The highest BCUT2D eigenvalue weighted by atomic mass is 19.4. The second-order valence-corrected chi connectivity index (χ2v) is 7.57. The zero-order valence-corrected chi connectivity index (χ0v) is 16.6. The third kappa shape index (κ3) is 6.35. The van der Waals surface area contributed by atoms with Gasteiger partial charge in [0.1, 0.15) is 11.5 Å². The molecule has 1 atom stereocenters. The molecule has 2 heterocycles. The SMILES string of the molecule is CCN(C[C@H]1CCN(C(=O)CCc2ccc(-c3ccccc3)o2)C1)CC(F)(F)F. The lowest BCUT2D eigenvalue weighted by molar-refractivity contribution is -0.146. The minimum absolute atomic E-state index is 0.0315. The van der Waals surface area contributed by atoms with E-state index in [-0.39, 0.29) is 11.8 Å². The summed E-state index contributed by atoms with van der Waals surface area (Å²) in [4.78, 5) is 15.7. The number of likely N-dealkylation sites (tertiary alicyclic amines) is 1. The molecule has 0 saturated carbocycles. The van der Waals surface area contributed by atoms with Crippen molar-refractivity contribution in [2.75, 3.05) is 32.7 Å². The Balaban J connectivity index is 1.45. The number of furan rings is 1. The van der Waals surface area contributed by atoms with Crippen LogP contribution < -0.4 is 0 Å². The molecule has 2 aromatic rings. The second-order valence-electron chi connectivity index (χ2n) is 7.57.